The van der Waals surface area contributed by atoms with Crippen molar-refractivity contribution in [1.82, 2.24) is 4.90 Å². The van der Waals surface area contributed by atoms with E-state index < -0.39 is 35.4 Å². The molecule has 2 amide bonds. The van der Waals surface area contributed by atoms with Gasteiger partial charge < -0.3 is 15.0 Å². The zero-order chi connectivity index (χ0) is 25.2. The topological polar surface area (TPSA) is 58.6 Å². The van der Waals surface area contributed by atoms with E-state index in [1.165, 1.54) is 48.4 Å². The summed E-state index contributed by atoms with van der Waals surface area (Å²) < 4.78 is 57.6. The molecule has 0 unspecified atom stereocenters. The van der Waals surface area contributed by atoms with Gasteiger partial charge in [0.1, 0.15) is 5.82 Å². The molecular weight excluding hydrogens is 464 g/mol. The van der Waals surface area contributed by atoms with E-state index in [2.05, 4.69) is 5.32 Å². The zero-order valence-electron chi connectivity index (χ0n) is 18.7. The molecule has 0 saturated carbocycles. The van der Waals surface area contributed by atoms with E-state index in [0.29, 0.717) is 16.7 Å². The molecule has 0 fully saturated rings. The number of benzene rings is 3. The number of amides is 2. The Balaban J connectivity index is 1.77. The molecule has 4 rings (SSSR count). The number of carbonyl (C=O) groups is 2. The quantitative estimate of drug-likeness (QED) is 0.474. The summed E-state index contributed by atoms with van der Waals surface area (Å²) in [6.45, 7) is 0.384. The number of anilines is 1. The van der Waals surface area contributed by atoms with Crippen molar-refractivity contribution in [2.45, 2.75) is 18.1 Å². The molecule has 1 aliphatic rings. The molecule has 1 heterocycles. The van der Waals surface area contributed by atoms with Gasteiger partial charge in [0, 0.05) is 24.9 Å². The van der Waals surface area contributed by atoms with E-state index in [1.807, 2.05) is 0 Å². The lowest BCUT2D eigenvalue weighted by Gasteiger charge is -2.41. The van der Waals surface area contributed by atoms with Crippen LogP contribution in [0.3, 0.4) is 0 Å². The molecule has 5 nitrogen and oxygen atoms in total. The maximum Gasteiger partial charge on any atom is 0.416 e. The Morgan fingerprint density at radius 3 is 2.29 bits per heavy atom. The first-order valence-corrected chi connectivity index (χ1v) is 10.8. The first kappa shape index (κ1) is 24.4. The van der Waals surface area contributed by atoms with Gasteiger partial charge in [0.25, 0.3) is 5.91 Å². The van der Waals surface area contributed by atoms with E-state index in [9.17, 15) is 27.2 Å². The smallest absolute Gasteiger partial charge is 0.383 e. The number of fused-ring (bicyclic) bond motifs is 1. The van der Waals surface area contributed by atoms with Gasteiger partial charge >= 0.3 is 6.18 Å². The van der Waals surface area contributed by atoms with Crippen LogP contribution in [0, 0.1) is 5.82 Å². The van der Waals surface area contributed by atoms with Gasteiger partial charge in [0.2, 0.25) is 5.91 Å². The molecule has 1 aliphatic heterocycles. The average Bonchev–Trinajstić information content (AvgIpc) is 2.83. The number of rotatable bonds is 6. The zero-order valence-corrected chi connectivity index (χ0v) is 18.7. The molecule has 2 atom stereocenters. The molecule has 3 aromatic rings. The molecule has 35 heavy (non-hydrogen) atoms. The summed E-state index contributed by atoms with van der Waals surface area (Å²) in [5.74, 6) is -2.19. The Bertz CT molecular complexity index is 1210. The fourth-order valence-corrected chi connectivity index (χ4v) is 4.30. The number of carbonyl (C=O) groups excluding carboxylic acids is 2. The first-order valence-electron chi connectivity index (χ1n) is 10.8. The third-order valence-electron chi connectivity index (χ3n) is 5.95. The van der Waals surface area contributed by atoms with Crippen molar-refractivity contribution >= 4 is 17.5 Å². The lowest BCUT2D eigenvalue weighted by molar-refractivity contribution is -0.137. The van der Waals surface area contributed by atoms with Crippen LogP contribution in [-0.4, -0.2) is 37.0 Å². The van der Waals surface area contributed by atoms with Crippen molar-refractivity contribution < 1.29 is 31.9 Å². The van der Waals surface area contributed by atoms with Crippen molar-refractivity contribution in [2.24, 2.45) is 0 Å². The number of alkyl halides is 3. The van der Waals surface area contributed by atoms with Crippen LogP contribution in [0.25, 0.3) is 0 Å². The molecule has 9 heteroatoms. The Hall–Kier alpha value is -3.72. The maximum absolute atomic E-state index is 13.7. The van der Waals surface area contributed by atoms with Crippen LogP contribution < -0.4 is 5.32 Å². The number of hydrogen-bond acceptors (Lipinski definition) is 3. The predicted molar refractivity (Wildman–Crippen MR) is 121 cm³/mol. The van der Waals surface area contributed by atoms with Crippen molar-refractivity contribution in [3.05, 3.63) is 101 Å². The maximum atomic E-state index is 13.7. The lowest BCUT2D eigenvalue weighted by atomic mass is 9.79. The molecule has 0 aliphatic carbocycles. The van der Waals surface area contributed by atoms with Crippen molar-refractivity contribution in [3.63, 3.8) is 0 Å². The van der Waals surface area contributed by atoms with Gasteiger partial charge in [0.15, 0.2) is 0 Å². The van der Waals surface area contributed by atoms with Crippen LogP contribution in [-0.2, 0) is 15.7 Å². The lowest BCUT2D eigenvalue weighted by Crippen LogP contribution is -2.47. The number of nitrogens with zero attached hydrogens (tertiary/aromatic N) is 1. The van der Waals surface area contributed by atoms with Crippen molar-refractivity contribution in [1.29, 1.82) is 0 Å². The van der Waals surface area contributed by atoms with E-state index in [1.54, 1.807) is 24.3 Å². The highest BCUT2D eigenvalue weighted by Gasteiger charge is 2.44. The number of ether oxygens (including phenoxy) is 1. The van der Waals surface area contributed by atoms with Crippen molar-refractivity contribution in [2.75, 3.05) is 25.6 Å². The second-order valence-corrected chi connectivity index (χ2v) is 8.12. The summed E-state index contributed by atoms with van der Waals surface area (Å²) in [4.78, 5) is 28.5. The Morgan fingerprint density at radius 2 is 1.66 bits per heavy atom. The van der Waals surface area contributed by atoms with E-state index in [4.69, 9.17) is 4.74 Å². The monoisotopic (exact) mass is 486 g/mol. The van der Waals surface area contributed by atoms with Gasteiger partial charge in [-0.05, 0) is 53.6 Å². The van der Waals surface area contributed by atoms with Crippen LogP contribution in [0.5, 0.6) is 0 Å². The minimum absolute atomic E-state index is 0.176. The van der Waals surface area contributed by atoms with Gasteiger partial charge in [-0.1, -0.05) is 30.3 Å². The van der Waals surface area contributed by atoms with Crippen LogP contribution in [0.4, 0.5) is 23.2 Å². The van der Waals surface area contributed by atoms with E-state index in [0.717, 1.165) is 12.1 Å². The van der Waals surface area contributed by atoms with Gasteiger partial charge in [0.05, 0.1) is 24.1 Å². The molecule has 0 bridgehead atoms. The molecule has 0 spiro atoms. The highest BCUT2D eigenvalue weighted by molar-refractivity contribution is 6.04. The first-order chi connectivity index (χ1) is 16.7. The minimum atomic E-state index is -4.50. The number of halogens is 4. The number of methoxy groups -OCH3 is 1. The molecule has 0 radical (unpaired) electrons. The second-order valence-electron chi connectivity index (χ2n) is 8.12. The highest BCUT2D eigenvalue weighted by atomic mass is 19.4. The fourth-order valence-electron chi connectivity index (χ4n) is 4.30. The Morgan fingerprint density at radius 1 is 1.00 bits per heavy atom. The number of nitrogens with one attached hydrogen (secondary N) is 1. The molecule has 182 valence electrons. The summed E-state index contributed by atoms with van der Waals surface area (Å²) in [5, 5.41) is 2.68. The molecule has 1 N–H and O–H groups in total. The summed E-state index contributed by atoms with van der Waals surface area (Å²) in [5.41, 5.74) is 0.704. The van der Waals surface area contributed by atoms with Crippen molar-refractivity contribution in [3.8, 4) is 0 Å². The largest absolute Gasteiger partial charge is 0.416 e. The Labute approximate surface area is 199 Å². The third-order valence-corrected chi connectivity index (χ3v) is 5.95. The summed E-state index contributed by atoms with van der Waals surface area (Å²) in [6.07, 6.45) is -4.50. The predicted octanol–water partition coefficient (Wildman–Crippen LogP) is 5.41. The van der Waals surface area contributed by atoms with Crippen LogP contribution in [0.15, 0.2) is 72.8 Å². The summed E-state index contributed by atoms with van der Waals surface area (Å²) in [7, 11) is 1.49. The van der Waals surface area contributed by atoms with Gasteiger partial charge in [-0.25, -0.2) is 4.39 Å². The van der Waals surface area contributed by atoms with Crippen LogP contribution >= 0.6 is 0 Å². The van der Waals surface area contributed by atoms with Crippen LogP contribution in [0.2, 0.25) is 0 Å². The summed E-state index contributed by atoms with van der Waals surface area (Å²) >= 11 is 0. The number of hydrogen-bond donors (Lipinski definition) is 1. The Kier molecular flexibility index (Phi) is 6.88. The van der Waals surface area contributed by atoms with Gasteiger partial charge in [-0.15, -0.1) is 0 Å². The average molecular weight is 486 g/mol. The van der Waals surface area contributed by atoms with Crippen LogP contribution in [0.1, 0.15) is 39.0 Å². The highest BCUT2D eigenvalue weighted by Crippen LogP contribution is 2.43. The molecule has 3 aromatic carbocycles. The fraction of sp³-hybridized carbons (Fsp3) is 0.231. The minimum Gasteiger partial charge on any atom is -0.383 e. The summed E-state index contributed by atoms with van der Waals surface area (Å²) in [6, 6.07) is 15.6. The van der Waals surface area contributed by atoms with Gasteiger partial charge in [-0.3, -0.25) is 9.59 Å². The standard InChI is InChI=1S/C26H22F4N2O3/c1-35-15-14-32-23(16-6-10-18(27)11-7-16)22(20-4-2-3-5-21(20)25(32)34)24(33)31-19-12-8-17(9-13-19)26(28,29)30/h2-13,22-23H,14-15H2,1H3,(H,31,33)/t22-,23-/m1/s1. The third kappa shape index (κ3) is 5.05. The molecule has 0 saturated heterocycles. The SMILES string of the molecule is COCCN1C(=O)c2ccccc2[C@@H](C(=O)Nc2ccc(C(F)(F)F)cc2)[C@H]1c1ccc(F)cc1. The normalized spacial score (nSPS) is 17.7. The van der Waals surface area contributed by atoms with E-state index >= 15 is 0 Å². The van der Waals surface area contributed by atoms with E-state index in [-0.39, 0.29) is 24.7 Å². The molecule has 0 aromatic heterocycles. The van der Waals surface area contributed by atoms with Gasteiger partial charge in [-0.2, -0.15) is 13.2 Å². The second kappa shape index (κ2) is 9.87. The molecular formula is C26H22F4N2O3.